The smallest absolute Gasteiger partial charge is 0.255 e. The first-order valence-corrected chi connectivity index (χ1v) is 8.56. The second-order valence-corrected chi connectivity index (χ2v) is 6.03. The second-order valence-electron chi connectivity index (χ2n) is 6.03. The summed E-state index contributed by atoms with van der Waals surface area (Å²) >= 11 is 0. The molecule has 1 aromatic carbocycles. The highest BCUT2D eigenvalue weighted by molar-refractivity contribution is 5.93. The van der Waals surface area contributed by atoms with E-state index in [0.717, 1.165) is 18.9 Å². The molecule has 0 N–H and O–H groups in total. The van der Waals surface area contributed by atoms with Gasteiger partial charge in [-0.25, -0.2) is 9.37 Å². The largest absolute Gasteiger partial charge is 0.492 e. The number of carbonyl (C=O) groups is 1. The highest BCUT2D eigenvalue weighted by Gasteiger charge is 2.15. The van der Waals surface area contributed by atoms with Gasteiger partial charge in [-0.3, -0.25) is 4.79 Å². The minimum atomic E-state index is -0.308. The average molecular weight is 359 g/mol. The summed E-state index contributed by atoms with van der Waals surface area (Å²) < 4.78 is 23.7. The molecule has 1 aliphatic heterocycles. The molecule has 6 nitrogen and oxygen atoms in total. The molecule has 1 aliphatic rings. The Labute approximate surface area is 152 Å². The third kappa shape index (κ3) is 4.70. The number of likely N-dealkylation sites (N-methyl/N-ethyl adjacent to an activating group) is 1. The van der Waals surface area contributed by atoms with Gasteiger partial charge in [0.05, 0.1) is 25.3 Å². The van der Waals surface area contributed by atoms with Crippen LogP contribution in [0.5, 0.6) is 5.75 Å². The normalized spacial score (nSPS) is 14.2. The first kappa shape index (κ1) is 18.1. The predicted octanol–water partition coefficient (Wildman–Crippen LogP) is 2.21. The summed E-state index contributed by atoms with van der Waals surface area (Å²) in [7, 11) is 1.71. The number of rotatable bonds is 6. The Kier molecular flexibility index (Phi) is 6.01. The van der Waals surface area contributed by atoms with Gasteiger partial charge < -0.3 is 19.3 Å². The number of hydrogen-bond acceptors (Lipinski definition) is 5. The third-order valence-electron chi connectivity index (χ3n) is 4.19. The van der Waals surface area contributed by atoms with Crippen LogP contribution in [0.25, 0.3) is 0 Å². The molecule has 1 aromatic heterocycles. The lowest BCUT2D eigenvalue weighted by molar-refractivity contribution is 0.0773. The van der Waals surface area contributed by atoms with Gasteiger partial charge in [-0.05, 0) is 36.4 Å². The molecule has 3 rings (SSSR count). The molecule has 1 amide bonds. The van der Waals surface area contributed by atoms with Gasteiger partial charge in [0, 0.05) is 26.3 Å². The molecule has 0 bridgehead atoms. The molecule has 0 radical (unpaired) electrons. The number of ether oxygens (including phenoxy) is 2. The maximum absolute atomic E-state index is 12.9. The number of carbonyl (C=O) groups excluding carboxylic acids is 1. The maximum atomic E-state index is 12.9. The number of nitrogens with zero attached hydrogens (tertiary/aromatic N) is 3. The van der Waals surface area contributed by atoms with Crippen LogP contribution in [0.4, 0.5) is 10.2 Å². The fourth-order valence-electron chi connectivity index (χ4n) is 2.65. The van der Waals surface area contributed by atoms with Gasteiger partial charge in [0.1, 0.15) is 24.0 Å². The molecular weight excluding hydrogens is 337 g/mol. The van der Waals surface area contributed by atoms with E-state index in [1.54, 1.807) is 36.3 Å². The van der Waals surface area contributed by atoms with Gasteiger partial charge in [0.15, 0.2) is 0 Å². The Balaban J connectivity index is 1.50. The van der Waals surface area contributed by atoms with E-state index in [1.165, 1.54) is 12.1 Å². The molecular formula is C19H22FN3O3. The Morgan fingerprint density at radius 1 is 1.23 bits per heavy atom. The van der Waals surface area contributed by atoms with Gasteiger partial charge in [-0.15, -0.1) is 0 Å². The molecule has 138 valence electrons. The highest BCUT2D eigenvalue weighted by Crippen LogP contribution is 2.14. The lowest BCUT2D eigenvalue weighted by Gasteiger charge is -2.27. The molecule has 0 spiro atoms. The summed E-state index contributed by atoms with van der Waals surface area (Å²) in [5.41, 5.74) is 0.534. The minimum absolute atomic E-state index is 0.117. The lowest BCUT2D eigenvalue weighted by Crippen LogP contribution is -2.36. The molecule has 0 saturated carbocycles. The highest BCUT2D eigenvalue weighted by atomic mass is 19.1. The van der Waals surface area contributed by atoms with Gasteiger partial charge in [0.2, 0.25) is 0 Å². The maximum Gasteiger partial charge on any atom is 0.255 e. The topological polar surface area (TPSA) is 54.9 Å². The van der Waals surface area contributed by atoms with Crippen LogP contribution in [0.1, 0.15) is 10.4 Å². The van der Waals surface area contributed by atoms with Gasteiger partial charge >= 0.3 is 0 Å². The number of hydrogen-bond donors (Lipinski definition) is 0. The van der Waals surface area contributed by atoms with Crippen molar-refractivity contribution in [3.05, 3.63) is 54.0 Å². The zero-order chi connectivity index (χ0) is 18.4. The summed E-state index contributed by atoms with van der Waals surface area (Å²) in [4.78, 5) is 20.6. The zero-order valence-electron chi connectivity index (χ0n) is 14.7. The zero-order valence-corrected chi connectivity index (χ0v) is 14.7. The van der Waals surface area contributed by atoms with Crippen LogP contribution >= 0.6 is 0 Å². The van der Waals surface area contributed by atoms with Crippen LogP contribution in [0, 0.1) is 5.82 Å². The van der Waals surface area contributed by atoms with Crippen molar-refractivity contribution in [2.75, 3.05) is 51.4 Å². The standard InChI is InChI=1S/C19H22FN3O3/c1-22(8-13-26-17-5-3-16(20)4-6-17)19(24)15-2-7-18(21-14-15)23-9-11-25-12-10-23/h2-7,14H,8-13H2,1H3. The quantitative estimate of drug-likeness (QED) is 0.792. The number of halogens is 1. The van der Waals surface area contributed by atoms with Crippen LogP contribution in [-0.2, 0) is 4.74 Å². The Morgan fingerprint density at radius 2 is 1.96 bits per heavy atom. The summed E-state index contributed by atoms with van der Waals surface area (Å²) in [5.74, 6) is 1.00. The summed E-state index contributed by atoms with van der Waals surface area (Å²) in [6.07, 6.45) is 1.60. The van der Waals surface area contributed by atoms with Gasteiger partial charge in [-0.1, -0.05) is 0 Å². The number of benzene rings is 1. The molecule has 0 aliphatic carbocycles. The van der Waals surface area contributed by atoms with Crippen LogP contribution in [0.3, 0.4) is 0 Å². The second kappa shape index (κ2) is 8.62. The molecule has 2 aromatic rings. The molecule has 0 atom stereocenters. The molecule has 7 heteroatoms. The summed E-state index contributed by atoms with van der Waals surface area (Å²) in [6, 6.07) is 9.45. The van der Waals surface area contributed by atoms with E-state index in [2.05, 4.69) is 9.88 Å². The predicted molar refractivity (Wildman–Crippen MR) is 96.1 cm³/mol. The first-order chi connectivity index (χ1) is 12.6. The number of anilines is 1. The summed E-state index contributed by atoms with van der Waals surface area (Å²) in [6.45, 7) is 3.74. The molecule has 1 saturated heterocycles. The minimum Gasteiger partial charge on any atom is -0.492 e. The van der Waals surface area contributed by atoms with Gasteiger partial charge in [0.25, 0.3) is 5.91 Å². The Morgan fingerprint density at radius 3 is 2.62 bits per heavy atom. The molecule has 0 unspecified atom stereocenters. The van der Waals surface area contributed by atoms with Crippen molar-refractivity contribution in [2.45, 2.75) is 0 Å². The van der Waals surface area contributed by atoms with Crippen LogP contribution in [0.2, 0.25) is 0 Å². The van der Waals surface area contributed by atoms with E-state index >= 15 is 0 Å². The first-order valence-electron chi connectivity index (χ1n) is 8.56. The van der Waals surface area contributed by atoms with E-state index in [1.807, 2.05) is 6.07 Å². The third-order valence-corrected chi connectivity index (χ3v) is 4.19. The molecule has 1 fully saturated rings. The number of pyridine rings is 1. The van der Waals surface area contributed by atoms with Crippen LogP contribution < -0.4 is 9.64 Å². The fraction of sp³-hybridized carbons (Fsp3) is 0.368. The number of amides is 1. The molecule has 2 heterocycles. The van der Waals surface area contributed by atoms with Crippen molar-refractivity contribution >= 4 is 11.7 Å². The van der Waals surface area contributed by atoms with Crippen molar-refractivity contribution in [1.82, 2.24) is 9.88 Å². The number of morpholine rings is 1. The van der Waals surface area contributed by atoms with Crippen molar-refractivity contribution in [2.24, 2.45) is 0 Å². The Bertz CT molecular complexity index is 716. The molecule has 26 heavy (non-hydrogen) atoms. The van der Waals surface area contributed by atoms with Crippen LogP contribution in [0.15, 0.2) is 42.6 Å². The van der Waals surface area contributed by atoms with E-state index in [0.29, 0.717) is 37.7 Å². The van der Waals surface area contributed by atoms with E-state index in [-0.39, 0.29) is 11.7 Å². The van der Waals surface area contributed by atoms with Crippen molar-refractivity contribution in [3.63, 3.8) is 0 Å². The van der Waals surface area contributed by atoms with E-state index < -0.39 is 0 Å². The van der Waals surface area contributed by atoms with Crippen molar-refractivity contribution < 1.29 is 18.7 Å². The van der Waals surface area contributed by atoms with E-state index in [9.17, 15) is 9.18 Å². The van der Waals surface area contributed by atoms with Gasteiger partial charge in [-0.2, -0.15) is 0 Å². The monoisotopic (exact) mass is 359 g/mol. The van der Waals surface area contributed by atoms with Crippen LogP contribution in [-0.4, -0.2) is 62.3 Å². The summed E-state index contributed by atoms with van der Waals surface area (Å²) in [5, 5.41) is 0. The lowest BCUT2D eigenvalue weighted by atomic mass is 10.2. The van der Waals surface area contributed by atoms with Crippen molar-refractivity contribution in [3.8, 4) is 5.75 Å². The average Bonchev–Trinajstić information content (AvgIpc) is 2.69. The SMILES string of the molecule is CN(CCOc1ccc(F)cc1)C(=O)c1ccc(N2CCOCC2)nc1. The Hall–Kier alpha value is -2.67. The number of aromatic nitrogens is 1. The van der Waals surface area contributed by atoms with E-state index in [4.69, 9.17) is 9.47 Å². The van der Waals surface area contributed by atoms with Crippen molar-refractivity contribution in [1.29, 1.82) is 0 Å². The fourth-order valence-corrected chi connectivity index (χ4v) is 2.65.